The van der Waals surface area contributed by atoms with E-state index in [2.05, 4.69) is 10.0 Å². The molecule has 10 heteroatoms. The van der Waals surface area contributed by atoms with E-state index in [4.69, 9.17) is 21.1 Å². The summed E-state index contributed by atoms with van der Waals surface area (Å²) in [6, 6.07) is 14.1. The maximum atomic E-state index is 14.2. The third-order valence-corrected chi connectivity index (χ3v) is 5.97. The Bertz CT molecular complexity index is 1230. The summed E-state index contributed by atoms with van der Waals surface area (Å²) in [5.74, 6) is -1.22. The molecule has 1 amide bonds. The van der Waals surface area contributed by atoms with Gasteiger partial charge in [-0.25, -0.2) is 12.8 Å². The molecular weight excluding hydrogens is 447 g/mol. The summed E-state index contributed by atoms with van der Waals surface area (Å²) in [6.45, 7) is 0. The van der Waals surface area contributed by atoms with E-state index in [0.29, 0.717) is 0 Å². The Balaban J connectivity index is 1.92. The van der Waals surface area contributed by atoms with Crippen LogP contribution in [-0.2, 0) is 10.0 Å². The smallest absolute Gasteiger partial charge is 0.265 e. The lowest BCUT2D eigenvalue weighted by atomic mass is 10.2. The first kappa shape index (κ1) is 22.4. The number of anilines is 2. The number of halogens is 2. The summed E-state index contributed by atoms with van der Waals surface area (Å²) in [5.41, 5.74) is 0.0803. The number of ether oxygens (including phenoxy) is 2. The van der Waals surface area contributed by atoms with Gasteiger partial charge < -0.3 is 14.8 Å². The van der Waals surface area contributed by atoms with Gasteiger partial charge in [0.15, 0.2) is 0 Å². The summed E-state index contributed by atoms with van der Waals surface area (Å²) in [5, 5.41) is 2.69. The number of nitrogens with one attached hydrogen (secondary N) is 2. The summed E-state index contributed by atoms with van der Waals surface area (Å²) in [6.07, 6.45) is 0. The first-order valence-electron chi connectivity index (χ1n) is 8.85. The fourth-order valence-electron chi connectivity index (χ4n) is 2.71. The zero-order valence-electron chi connectivity index (χ0n) is 16.5. The summed E-state index contributed by atoms with van der Waals surface area (Å²) < 4.78 is 52.5. The third-order valence-electron chi connectivity index (χ3n) is 4.25. The molecule has 2 N–H and O–H groups in total. The van der Waals surface area contributed by atoms with Crippen LogP contribution in [0.1, 0.15) is 10.4 Å². The highest BCUT2D eigenvalue weighted by Crippen LogP contribution is 2.31. The highest BCUT2D eigenvalue weighted by atomic mass is 35.5. The average molecular weight is 465 g/mol. The van der Waals surface area contributed by atoms with E-state index >= 15 is 0 Å². The van der Waals surface area contributed by atoms with Crippen LogP contribution in [0.3, 0.4) is 0 Å². The molecule has 7 nitrogen and oxygen atoms in total. The largest absolute Gasteiger partial charge is 0.497 e. The first-order valence-corrected chi connectivity index (χ1v) is 10.7. The normalized spacial score (nSPS) is 11.0. The van der Waals surface area contributed by atoms with Gasteiger partial charge in [0, 0.05) is 11.8 Å². The zero-order chi connectivity index (χ0) is 22.6. The van der Waals surface area contributed by atoms with Crippen LogP contribution >= 0.6 is 11.6 Å². The van der Waals surface area contributed by atoms with Gasteiger partial charge in [0.05, 0.1) is 30.5 Å². The van der Waals surface area contributed by atoms with Crippen molar-refractivity contribution < 1.29 is 27.1 Å². The van der Waals surface area contributed by atoms with Crippen LogP contribution in [0.5, 0.6) is 11.5 Å². The van der Waals surface area contributed by atoms with Crippen molar-refractivity contribution in [1.29, 1.82) is 0 Å². The molecule has 0 fully saturated rings. The number of carbonyl (C=O) groups is 1. The van der Waals surface area contributed by atoms with E-state index < -0.39 is 21.7 Å². The molecule has 0 spiro atoms. The minimum atomic E-state index is -4.12. The predicted molar refractivity (Wildman–Crippen MR) is 116 cm³/mol. The number of methoxy groups -OCH3 is 2. The van der Waals surface area contributed by atoms with Gasteiger partial charge in [0.1, 0.15) is 22.2 Å². The number of para-hydroxylation sites is 1. The fraction of sp³-hybridized carbons (Fsp3) is 0.0952. The van der Waals surface area contributed by atoms with Crippen molar-refractivity contribution >= 4 is 38.9 Å². The monoisotopic (exact) mass is 464 g/mol. The molecule has 3 aromatic rings. The molecule has 3 rings (SSSR count). The number of rotatable bonds is 7. The van der Waals surface area contributed by atoms with Crippen LogP contribution in [0.15, 0.2) is 65.6 Å². The van der Waals surface area contributed by atoms with E-state index in [1.54, 1.807) is 12.1 Å². The van der Waals surface area contributed by atoms with Crippen LogP contribution in [-0.4, -0.2) is 28.5 Å². The van der Waals surface area contributed by atoms with Crippen LogP contribution in [0, 0.1) is 5.82 Å². The van der Waals surface area contributed by atoms with Gasteiger partial charge in [0.25, 0.3) is 15.9 Å². The number of sulfonamides is 1. The third kappa shape index (κ3) is 5.07. The van der Waals surface area contributed by atoms with E-state index in [1.165, 1.54) is 56.7 Å². The lowest BCUT2D eigenvalue weighted by molar-refractivity contribution is 0.102. The van der Waals surface area contributed by atoms with Gasteiger partial charge in [0.2, 0.25) is 0 Å². The Morgan fingerprint density at radius 2 is 1.74 bits per heavy atom. The van der Waals surface area contributed by atoms with Crippen molar-refractivity contribution in [3.8, 4) is 11.5 Å². The van der Waals surface area contributed by atoms with Crippen molar-refractivity contribution in [3.05, 3.63) is 77.1 Å². The topological polar surface area (TPSA) is 93.7 Å². The molecular formula is C21H18ClFN2O5S. The Hall–Kier alpha value is -3.30. The van der Waals surface area contributed by atoms with Crippen molar-refractivity contribution in [2.75, 3.05) is 24.3 Å². The lowest BCUT2D eigenvalue weighted by Gasteiger charge is -2.14. The van der Waals surface area contributed by atoms with Gasteiger partial charge in [-0.2, -0.15) is 0 Å². The van der Waals surface area contributed by atoms with Crippen molar-refractivity contribution in [2.24, 2.45) is 0 Å². The fourth-order valence-corrected chi connectivity index (χ4v) is 4.23. The highest BCUT2D eigenvalue weighted by Gasteiger charge is 2.22. The Morgan fingerprint density at radius 3 is 2.39 bits per heavy atom. The standard InChI is InChI=1S/C21H18ClFN2O5S/c1-29-14-8-9-15(17(23)12-14)21(26)24-13-7-10-19(30-2)20(11-13)31(27,28)25-18-6-4-3-5-16(18)22/h3-12,25H,1-2H3,(H,24,26). The molecule has 0 bridgehead atoms. The summed E-state index contributed by atoms with van der Waals surface area (Å²) in [4.78, 5) is 12.2. The molecule has 0 radical (unpaired) electrons. The summed E-state index contributed by atoms with van der Waals surface area (Å²) >= 11 is 6.04. The Kier molecular flexibility index (Phi) is 6.67. The molecule has 162 valence electrons. The van der Waals surface area contributed by atoms with Crippen molar-refractivity contribution in [2.45, 2.75) is 4.90 Å². The molecule has 0 atom stereocenters. The molecule has 0 aromatic heterocycles. The SMILES string of the molecule is COc1ccc(C(=O)Nc2ccc(OC)c(S(=O)(=O)Nc3ccccc3Cl)c2)c(F)c1. The molecule has 0 saturated carbocycles. The minimum Gasteiger partial charge on any atom is -0.497 e. The lowest BCUT2D eigenvalue weighted by Crippen LogP contribution is -2.17. The second-order valence-electron chi connectivity index (χ2n) is 6.25. The van der Waals surface area contributed by atoms with Crippen LogP contribution in [0.25, 0.3) is 0 Å². The average Bonchev–Trinajstić information content (AvgIpc) is 2.75. The maximum Gasteiger partial charge on any atom is 0.265 e. The van der Waals surface area contributed by atoms with Crippen LogP contribution in [0.4, 0.5) is 15.8 Å². The predicted octanol–water partition coefficient (Wildman–Crippen LogP) is 4.55. The maximum absolute atomic E-state index is 14.2. The van der Waals surface area contributed by atoms with Gasteiger partial charge in [-0.3, -0.25) is 9.52 Å². The minimum absolute atomic E-state index is 0.0492. The summed E-state index contributed by atoms with van der Waals surface area (Å²) in [7, 11) is -1.43. The number of benzene rings is 3. The van der Waals surface area contributed by atoms with Crippen LogP contribution in [0.2, 0.25) is 5.02 Å². The quantitative estimate of drug-likeness (QED) is 0.535. The molecule has 0 aliphatic rings. The molecule has 0 aliphatic heterocycles. The molecule has 0 unspecified atom stereocenters. The van der Waals surface area contributed by atoms with E-state index in [1.807, 2.05) is 0 Å². The highest BCUT2D eigenvalue weighted by molar-refractivity contribution is 7.92. The van der Waals surface area contributed by atoms with Gasteiger partial charge in [-0.15, -0.1) is 0 Å². The van der Waals surface area contributed by atoms with Crippen molar-refractivity contribution in [1.82, 2.24) is 0 Å². The van der Waals surface area contributed by atoms with E-state index in [0.717, 1.165) is 6.07 Å². The Morgan fingerprint density at radius 1 is 1.00 bits per heavy atom. The molecule has 0 aliphatic carbocycles. The number of amides is 1. The van der Waals surface area contributed by atoms with E-state index in [-0.39, 0.29) is 38.4 Å². The van der Waals surface area contributed by atoms with Crippen molar-refractivity contribution in [3.63, 3.8) is 0 Å². The van der Waals surface area contributed by atoms with Gasteiger partial charge in [-0.05, 0) is 42.5 Å². The molecule has 31 heavy (non-hydrogen) atoms. The van der Waals surface area contributed by atoms with Crippen LogP contribution < -0.4 is 19.5 Å². The molecule has 3 aromatic carbocycles. The first-order chi connectivity index (χ1) is 14.7. The zero-order valence-corrected chi connectivity index (χ0v) is 18.1. The number of hydrogen-bond acceptors (Lipinski definition) is 5. The second kappa shape index (κ2) is 9.23. The Labute approximate surface area is 183 Å². The molecule has 0 heterocycles. The molecule has 0 saturated heterocycles. The van der Waals surface area contributed by atoms with Gasteiger partial charge in [-0.1, -0.05) is 23.7 Å². The van der Waals surface area contributed by atoms with Gasteiger partial charge >= 0.3 is 0 Å². The number of hydrogen-bond donors (Lipinski definition) is 2. The second-order valence-corrected chi connectivity index (χ2v) is 8.31. The van der Waals surface area contributed by atoms with E-state index in [9.17, 15) is 17.6 Å². The number of carbonyl (C=O) groups excluding carboxylic acids is 1.